The first-order valence-corrected chi connectivity index (χ1v) is 8.16. The molecular weight excluding hydrogens is 264 g/mol. The van der Waals surface area contributed by atoms with Crippen molar-refractivity contribution in [3.63, 3.8) is 0 Å². The van der Waals surface area contributed by atoms with Gasteiger partial charge in [0.2, 0.25) is 11.8 Å². The van der Waals surface area contributed by atoms with Crippen LogP contribution in [0.3, 0.4) is 0 Å². The van der Waals surface area contributed by atoms with Gasteiger partial charge in [-0.2, -0.15) is 0 Å². The monoisotopic (exact) mass is 294 g/mol. The number of carbonyl (C=O) groups is 2. The van der Waals surface area contributed by atoms with Gasteiger partial charge in [-0.1, -0.05) is 31.8 Å². The predicted molar refractivity (Wildman–Crippen MR) is 85.5 cm³/mol. The Morgan fingerprint density at radius 2 is 1.90 bits per heavy atom. The van der Waals surface area contributed by atoms with Crippen LogP contribution in [0.2, 0.25) is 0 Å². The van der Waals surface area contributed by atoms with Gasteiger partial charge in [0.05, 0.1) is 0 Å². The third-order valence-corrected chi connectivity index (χ3v) is 4.36. The second kappa shape index (κ2) is 8.85. The van der Waals surface area contributed by atoms with Gasteiger partial charge in [-0.05, 0) is 39.0 Å². The summed E-state index contributed by atoms with van der Waals surface area (Å²) in [6.45, 7) is 7.57. The highest BCUT2D eigenvalue weighted by molar-refractivity contribution is 5.87. The van der Waals surface area contributed by atoms with Crippen molar-refractivity contribution in [2.75, 3.05) is 0 Å². The van der Waals surface area contributed by atoms with Crippen LogP contribution in [0.1, 0.15) is 58.8 Å². The van der Waals surface area contributed by atoms with Crippen molar-refractivity contribution in [1.29, 1.82) is 0 Å². The van der Waals surface area contributed by atoms with Crippen molar-refractivity contribution in [2.45, 2.75) is 64.8 Å². The highest BCUT2D eigenvalue weighted by Crippen LogP contribution is 2.34. The summed E-state index contributed by atoms with van der Waals surface area (Å²) < 4.78 is 0. The standard InChI is InChI=1S/C17H30N2O2/c1-4-5-10-14(16(18)20)15(17(21)19-12(2)3)11-13-8-6-7-9-13/h4,12-15H,1,5-11H2,2-3H3,(H2,18,20)(H,19,21)/t14-,15?/m0/s1. The molecule has 4 heteroatoms. The van der Waals surface area contributed by atoms with Crippen LogP contribution in [-0.2, 0) is 9.59 Å². The smallest absolute Gasteiger partial charge is 0.224 e. The number of amides is 2. The van der Waals surface area contributed by atoms with Crippen molar-refractivity contribution in [1.82, 2.24) is 5.32 Å². The fourth-order valence-corrected chi connectivity index (χ4v) is 3.29. The Morgan fingerprint density at radius 1 is 1.29 bits per heavy atom. The fraction of sp³-hybridized carbons (Fsp3) is 0.765. The van der Waals surface area contributed by atoms with Crippen molar-refractivity contribution in [2.24, 2.45) is 23.5 Å². The van der Waals surface area contributed by atoms with E-state index < -0.39 is 0 Å². The maximum Gasteiger partial charge on any atom is 0.224 e. The topological polar surface area (TPSA) is 72.2 Å². The number of hydrogen-bond donors (Lipinski definition) is 2. The summed E-state index contributed by atoms with van der Waals surface area (Å²) in [6.07, 6.45) is 8.68. The number of allylic oxidation sites excluding steroid dienone is 1. The number of rotatable bonds is 9. The van der Waals surface area contributed by atoms with Crippen LogP contribution in [0.4, 0.5) is 0 Å². The van der Waals surface area contributed by atoms with E-state index in [0.29, 0.717) is 18.8 Å². The van der Waals surface area contributed by atoms with Crippen molar-refractivity contribution in [3.05, 3.63) is 12.7 Å². The van der Waals surface area contributed by atoms with Crippen molar-refractivity contribution in [3.8, 4) is 0 Å². The maximum atomic E-state index is 12.5. The molecule has 0 radical (unpaired) electrons. The molecule has 1 aliphatic rings. The molecule has 0 aliphatic heterocycles. The molecule has 1 saturated carbocycles. The molecule has 1 unspecified atom stereocenters. The van der Waals surface area contributed by atoms with E-state index in [2.05, 4.69) is 11.9 Å². The Bertz CT molecular complexity index is 360. The summed E-state index contributed by atoms with van der Waals surface area (Å²) in [5, 5.41) is 2.96. The summed E-state index contributed by atoms with van der Waals surface area (Å²) in [7, 11) is 0. The van der Waals surface area contributed by atoms with Crippen LogP contribution >= 0.6 is 0 Å². The summed E-state index contributed by atoms with van der Waals surface area (Å²) >= 11 is 0. The second-order valence-electron chi connectivity index (χ2n) is 6.53. The van der Waals surface area contributed by atoms with E-state index in [1.54, 1.807) is 6.08 Å². The van der Waals surface area contributed by atoms with Gasteiger partial charge in [0, 0.05) is 17.9 Å². The first-order valence-electron chi connectivity index (χ1n) is 8.16. The van der Waals surface area contributed by atoms with Crippen LogP contribution < -0.4 is 11.1 Å². The molecule has 0 bridgehead atoms. The van der Waals surface area contributed by atoms with E-state index in [4.69, 9.17) is 5.73 Å². The predicted octanol–water partition coefficient (Wildman–Crippen LogP) is 2.78. The molecule has 0 aromatic rings. The third-order valence-electron chi connectivity index (χ3n) is 4.36. The van der Waals surface area contributed by atoms with E-state index in [1.807, 2.05) is 13.8 Å². The molecule has 2 amide bonds. The summed E-state index contributed by atoms with van der Waals surface area (Å²) in [6, 6.07) is 0.0801. The fourth-order valence-electron chi connectivity index (χ4n) is 3.29. The molecule has 1 fully saturated rings. The van der Waals surface area contributed by atoms with Crippen LogP contribution in [0.15, 0.2) is 12.7 Å². The minimum Gasteiger partial charge on any atom is -0.369 e. The van der Waals surface area contributed by atoms with E-state index in [-0.39, 0.29) is 29.7 Å². The molecule has 1 aliphatic carbocycles. The molecule has 0 aromatic carbocycles. The van der Waals surface area contributed by atoms with Gasteiger partial charge in [-0.25, -0.2) is 0 Å². The Labute approximate surface area is 128 Å². The Balaban J connectivity index is 2.82. The largest absolute Gasteiger partial charge is 0.369 e. The first-order chi connectivity index (χ1) is 9.95. The number of carbonyl (C=O) groups excluding carboxylic acids is 2. The molecule has 120 valence electrons. The molecule has 3 N–H and O–H groups in total. The lowest BCUT2D eigenvalue weighted by molar-refractivity contribution is -0.134. The molecule has 0 aromatic heterocycles. The van der Waals surface area contributed by atoms with E-state index in [0.717, 1.165) is 6.42 Å². The zero-order chi connectivity index (χ0) is 15.8. The molecule has 0 heterocycles. The molecular formula is C17H30N2O2. The van der Waals surface area contributed by atoms with Crippen LogP contribution in [0, 0.1) is 17.8 Å². The normalized spacial score (nSPS) is 18.4. The molecule has 4 nitrogen and oxygen atoms in total. The minimum absolute atomic E-state index is 0.0234. The van der Waals surface area contributed by atoms with Gasteiger partial charge in [0.25, 0.3) is 0 Å². The summed E-state index contributed by atoms with van der Waals surface area (Å²) in [4.78, 5) is 24.3. The quantitative estimate of drug-likeness (QED) is 0.642. The van der Waals surface area contributed by atoms with Crippen molar-refractivity contribution >= 4 is 11.8 Å². The minimum atomic E-state index is -0.387. The van der Waals surface area contributed by atoms with Crippen LogP contribution in [-0.4, -0.2) is 17.9 Å². The number of primary amides is 1. The molecule has 2 atom stereocenters. The molecule has 1 rings (SSSR count). The van der Waals surface area contributed by atoms with E-state index in [1.165, 1.54) is 25.7 Å². The van der Waals surface area contributed by atoms with Gasteiger partial charge >= 0.3 is 0 Å². The Kier molecular flexibility index (Phi) is 7.48. The zero-order valence-corrected chi connectivity index (χ0v) is 13.4. The second-order valence-corrected chi connectivity index (χ2v) is 6.53. The highest BCUT2D eigenvalue weighted by Gasteiger charge is 2.34. The van der Waals surface area contributed by atoms with Gasteiger partial charge in [0.1, 0.15) is 0 Å². The van der Waals surface area contributed by atoms with Crippen LogP contribution in [0.5, 0.6) is 0 Å². The van der Waals surface area contributed by atoms with Gasteiger partial charge in [0.15, 0.2) is 0 Å². The highest BCUT2D eigenvalue weighted by atomic mass is 16.2. The molecule has 0 spiro atoms. The van der Waals surface area contributed by atoms with Gasteiger partial charge < -0.3 is 11.1 Å². The average molecular weight is 294 g/mol. The number of nitrogens with two attached hydrogens (primary N) is 1. The van der Waals surface area contributed by atoms with E-state index in [9.17, 15) is 9.59 Å². The van der Waals surface area contributed by atoms with Crippen LogP contribution in [0.25, 0.3) is 0 Å². The lowest BCUT2D eigenvalue weighted by Gasteiger charge is -2.27. The SMILES string of the molecule is C=CCC[C@H](C(N)=O)C(CC1CCCC1)C(=O)NC(C)C. The third kappa shape index (κ3) is 5.90. The maximum absolute atomic E-state index is 12.5. The average Bonchev–Trinajstić information content (AvgIpc) is 2.89. The van der Waals surface area contributed by atoms with Gasteiger partial charge in [-0.3, -0.25) is 9.59 Å². The molecule has 0 saturated heterocycles. The van der Waals surface area contributed by atoms with Gasteiger partial charge in [-0.15, -0.1) is 6.58 Å². The van der Waals surface area contributed by atoms with Crippen molar-refractivity contribution < 1.29 is 9.59 Å². The summed E-state index contributed by atoms with van der Waals surface area (Å²) in [5.74, 6) is -0.516. The first kappa shape index (κ1) is 17.7. The lowest BCUT2D eigenvalue weighted by atomic mass is 9.80. The molecule has 21 heavy (non-hydrogen) atoms. The number of hydrogen-bond acceptors (Lipinski definition) is 2. The Morgan fingerprint density at radius 3 is 2.38 bits per heavy atom. The Hall–Kier alpha value is -1.32. The lowest BCUT2D eigenvalue weighted by Crippen LogP contribution is -2.43. The number of nitrogens with one attached hydrogen (secondary N) is 1. The van der Waals surface area contributed by atoms with E-state index >= 15 is 0 Å². The zero-order valence-electron chi connectivity index (χ0n) is 13.4. The summed E-state index contributed by atoms with van der Waals surface area (Å²) in [5.41, 5.74) is 5.57.